The smallest absolute Gasteiger partial charge is 0.271 e. The number of sulfonamides is 1. The highest BCUT2D eigenvalue weighted by Gasteiger charge is 2.35. The highest BCUT2D eigenvalue weighted by atomic mass is 32.2. The fraction of sp³-hybridized carbons (Fsp3) is 0.364. The number of carbonyl (C=O) groups excluding carboxylic acids is 1. The Balaban J connectivity index is 1.59. The third-order valence-corrected chi connectivity index (χ3v) is 10.2. The average molecular weight is 606 g/mol. The van der Waals surface area contributed by atoms with Crippen molar-refractivity contribution >= 4 is 26.8 Å². The van der Waals surface area contributed by atoms with Crippen LogP contribution in [-0.4, -0.2) is 79.2 Å². The first-order valence-electron chi connectivity index (χ1n) is 14.4. The summed E-state index contributed by atoms with van der Waals surface area (Å²) >= 11 is 0. The second kappa shape index (κ2) is 12.5. The van der Waals surface area contributed by atoms with Gasteiger partial charge in [-0.1, -0.05) is 55.5 Å². The van der Waals surface area contributed by atoms with Gasteiger partial charge in [-0.25, -0.2) is 8.42 Å². The molecule has 5 rings (SSSR count). The fourth-order valence-electron chi connectivity index (χ4n) is 5.82. The molecule has 0 fully saturated rings. The van der Waals surface area contributed by atoms with E-state index in [1.54, 1.807) is 17.0 Å². The number of hydrogen-bond acceptors (Lipinski definition) is 6. The van der Waals surface area contributed by atoms with Gasteiger partial charge in [0.25, 0.3) is 5.91 Å². The van der Waals surface area contributed by atoms with Crippen molar-refractivity contribution in [1.82, 2.24) is 13.8 Å². The van der Waals surface area contributed by atoms with E-state index in [0.717, 1.165) is 27.6 Å². The Labute approximate surface area is 253 Å². The second-order valence-electron chi connectivity index (χ2n) is 11.2. The fourth-order valence-corrected chi connectivity index (χ4v) is 7.04. The number of nitrogens with zero attached hydrogens (tertiary/aromatic N) is 3. The number of likely N-dealkylation sites (N-methyl/N-ethyl adjacent to an activating group) is 1. The molecule has 0 saturated carbocycles. The molecule has 2 heterocycles. The Morgan fingerprint density at radius 3 is 2.56 bits per heavy atom. The van der Waals surface area contributed by atoms with Crippen LogP contribution < -0.4 is 4.74 Å². The molecular formula is C33H39N3O6S. The number of aliphatic hydroxyl groups is 1. The van der Waals surface area contributed by atoms with Gasteiger partial charge in [0.2, 0.25) is 10.0 Å². The quantitative estimate of drug-likeness (QED) is 0.332. The van der Waals surface area contributed by atoms with Crippen LogP contribution in [0.5, 0.6) is 5.75 Å². The van der Waals surface area contributed by atoms with Crippen LogP contribution in [0.2, 0.25) is 0 Å². The lowest BCUT2D eigenvalue weighted by atomic mass is 9.96. The number of rotatable bonds is 7. The number of carbonyl (C=O) groups is 1. The van der Waals surface area contributed by atoms with E-state index in [-0.39, 0.29) is 43.0 Å². The van der Waals surface area contributed by atoms with Gasteiger partial charge in [-0.05, 0) is 36.2 Å². The monoisotopic (exact) mass is 605 g/mol. The lowest BCUT2D eigenvalue weighted by Crippen LogP contribution is -2.48. The number of aliphatic hydroxyl groups excluding tert-OH is 1. The van der Waals surface area contributed by atoms with Crippen molar-refractivity contribution in [3.8, 4) is 16.9 Å². The molecule has 0 spiro atoms. The molecule has 1 aliphatic rings. The Morgan fingerprint density at radius 2 is 1.81 bits per heavy atom. The molecular weight excluding hydrogens is 566 g/mol. The molecule has 0 aliphatic carbocycles. The molecule has 4 aromatic rings. The predicted octanol–water partition coefficient (Wildman–Crippen LogP) is 4.53. The molecule has 9 nitrogen and oxygen atoms in total. The van der Waals surface area contributed by atoms with E-state index in [9.17, 15) is 18.3 Å². The predicted molar refractivity (Wildman–Crippen MR) is 166 cm³/mol. The van der Waals surface area contributed by atoms with Gasteiger partial charge in [0.1, 0.15) is 11.4 Å². The molecule has 43 heavy (non-hydrogen) atoms. The van der Waals surface area contributed by atoms with Crippen molar-refractivity contribution in [3.05, 3.63) is 84.1 Å². The third kappa shape index (κ3) is 5.80. The lowest BCUT2D eigenvalue weighted by Gasteiger charge is -2.35. The zero-order valence-electron chi connectivity index (χ0n) is 25.2. The summed E-state index contributed by atoms with van der Waals surface area (Å²) in [6.07, 6.45) is -0.558. The number of methoxy groups -OCH3 is 1. The molecule has 1 amide bonds. The topological polar surface area (TPSA) is 101 Å². The first-order chi connectivity index (χ1) is 20.6. The van der Waals surface area contributed by atoms with Crippen LogP contribution in [0.1, 0.15) is 29.9 Å². The third-order valence-electron chi connectivity index (χ3n) is 8.41. The Bertz CT molecular complexity index is 1730. The van der Waals surface area contributed by atoms with Gasteiger partial charge >= 0.3 is 0 Å². The zero-order valence-corrected chi connectivity index (χ0v) is 26.0. The number of para-hydroxylation sites is 1. The lowest BCUT2D eigenvalue weighted by molar-refractivity contribution is -0.0147. The van der Waals surface area contributed by atoms with Crippen molar-refractivity contribution in [2.45, 2.75) is 37.5 Å². The minimum absolute atomic E-state index is 0.0638. The van der Waals surface area contributed by atoms with Gasteiger partial charge in [0, 0.05) is 55.6 Å². The van der Waals surface area contributed by atoms with Crippen molar-refractivity contribution in [3.63, 3.8) is 0 Å². The second-order valence-corrected chi connectivity index (χ2v) is 13.3. The van der Waals surface area contributed by atoms with Gasteiger partial charge in [-0.3, -0.25) is 4.79 Å². The normalized spacial score (nSPS) is 18.7. The summed E-state index contributed by atoms with van der Waals surface area (Å²) in [6.45, 7) is 4.10. The molecule has 228 valence electrons. The molecule has 1 N–H and O–H groups in total. The van der Waals surface area contributed by atoms with Gasteiger partial charge in [-0.15, -0.1) is 0 Å². The summed E-state index contributed by atoms with van der Waals surface area (Å²) in [6, 6.07) is 21.7. The highest BCUT2D eigenvalue weighted by molar-refractivity contribution is 7.89. The standard InChI is InChI=1S/C33H39N3O6S/c1-22-18-36(23(2)20-37)33(38)32-31(28-15-8-9-16-29(28)35(32)4)27-14-7-6-11-24(27)21-42-30(22)19-34(3)43(39,40)26-13-10-12-25(17-26)41-5/h6-17,22-23,30,37H,18-21H2,1-5H3/t22-,23+,30-/m1/s1. The van der Waals surface area contributed by atoms with Crippen molar-refractivity contribution in [1.29, 1.82) is 0 Å². The molecule has 10 heteroatoms. The summed E-state index contributed by atoms with van der Waals surface area (Å²) in [5, 5.41) is 11.2. The van der Waals surface area contributed by atoms with Gasteiger partial charge in [-0.2, -0.15) is 4.31 Å². The van der Waals surface area contributed by atoms with E-state index in [4.69, 9.17) is 9.47 Å². The minimum Gasteiger partial charge on any atom is -0.497 e. The molecule has 3 atom stereocenters. The Hall–Kier alpha value is -3.70. The molecule has 1 aromatic heterocycles. The summed E-state index contributed by atoms with van der Waals surface area (Å²) in [5.74, 6) is -0.0240. The number of aromatic nitrogens is 1. The molecule has 0 radical (unpaired) electrons. The molecule has 3 aromatic carbocycles. The highest BCUT2D eigenvalue weighted by Crippen LogP contribution is 2.38. The molecule has 0 saturated heterocycles. The van der Waals surface area contributed by atoms with Crippen LogP contribution in [0.25, 0.3) is 22.0 Å². The van der Waals surface area contributed by atoms with Crippen LogP contribution in [0.15, 0.2) is 77.7 Å². The van der Waals surface area contributed by atoms with Crippen molar-refractivity contribution in [2.75, 3.05) is 33.9 Å². The van der Waals surface area contributed by atoms with E-state index < -0.39 is 22.2 Å². The number of ether oxygens (including phenoxy) is 2. The number of hydrogen-bond donors (Lipinski definition) is 1. The maximum atomic E-state index is 14.5. The zero-order chi connectivity index (χ0) is 30.9. The van der Waals surface area contributed by atoms with Crippen LogP contribution in [0.3, 0.4) is 0 Å². The van der Waals surface area contributed by atoms with E-state index >= 15 is 0 Å². The maximum absolute atomic E-state index is 14.5. The SMILES string of the molecule is COc1cccc(S(=O)(=O)N(C)C[C@H]2OCc3ccccc3-c3c(n(C)c4ccccc34)C(=O)N([C@@H](C)CO)C[C@H]2C)c1. The average Bonchev–Trinajstić information content (AvgIpc) is 3.31. The van der Waals surface area contributed by atoms with Crippen LogP contribution >= 0.6 is 0 Å². The first kappa shape index (κ1) is 30.7. The molecule has 0 unspecified atom stereocenters. The molecule has 1 aliphatic heterocycles. The number of amides is 1. The summed E-state index contributed by atoms with van der Waals surface area (Å²) in [7, 11) is 1.06. The number of fused-ring (bicyclic) bond motifs is 5. The Morgan fingerprint density at radius 1 is 1.09 bits per heavy atom. The van der Waals surface area contributed by atoms with Gasteiger partial charge < -0.3 is 24.0 Å². The van der Waals surface area contributed by atoms with Gasteiger partial charge in [0.05, 0.1) is 37.4 Å². The molecule has 0 bridgehead atoms. The van der Waals surface area contributed by atoms with E-state index in [2.05, 4.69) is 0 Å². The summed E-state index contributed by atoms with van der Waals surface area (Å²) < 4.78 is 42.2. The number of aryl methyl sites for hydroxylation is 1. The van der Waals surface area contributed by atoms with E-state index in [0.29, 0.717) is 11.4 Å². The van der Waals surface area contributed by atoms with Crippen molar-refractivity contribution in [2.24, 2.45) is 13.0 Å². The van der Waals surface area contributed by atoms with Crippen LogP contribution in [0, 0.1) is 5.92 Å². The van der Waals surface area contributed by atoms with Crippen LogP contribution in [0.4, 0.5) is 0 Å². The minimum atomic E-state index is -3.86. The largest absolute Gasteiger partial charge is 0.497 e. The summed E-state index contributed by atoms with van der Waals surface area (Å²) in [5.41, 5.74) is 4.07. The van der Waals surface area contributed by atoms with E-state index in [1.807, 2.05) is 74.0 Å². The maximum Gasteiger partial charge on any atom is 0.271 e. The summed E-state index contributed by atoms with van der Waals surface area (Å²) in [4.78, 5) is 16.3. The Kier molecular flexibility index (Phi) is 8.94. The first-order valence-corrected chi connectivity index (χ1v) is 15.8. The van der Waals surface area contributed by atoms with Crippen molar-refractivity contribution < 1.29 is 27.8 Å². The van der Waals surface area contributed by atoms with E-state index in [1.165, 1.54) is 30.6 Å². The van der Waals surface area contributed by atoms with Crippen LogP contribution in [-0.2, 0) is 28.4 Å². The van der Waals surface area contributed by atoms with Gasteiger partial charge in [0.15, 0.2) is 0 Å². The number of benzene rings is 3.